The fraction of sp³-hybridized carbons (Fsp3) is 0.324. The molecule has 6 N–H and O–H groups in total. The van der Waals surface area contributed by atoms with Crippen molar-refractivity contribution < 1.29 is 9.59 Å². The molecule has 1 fully saturated rings. The molecular weight excluding hydrogens is 524 g/mol. The van der Waals surface area contributed by atoms with Crippen LogP contribution in [0.15, 0.2) is 96.0 Å². The molecule has 0 aromatic heterocycles. The predicted molar refractivity (Wildman–Crippen MR) is 170 cm³/mol. The van der Waals surface area contributed by atoms with Gasteiger partial charge in [-0.15, -0.1) is 0 Å². The average molecular weight is 567 g/mol. The lowest BCUT2D eigenvalue weighted by molar-refractivity contribution is -0.133. The Kier molecular flexibility index (Phi) is 11.3. The van der Waals surface area contributed by atoms with Crippen LogP contribution in [0, 0.1) is 6.92 Å². The molecule has 0 spiro atoms. The molecule has 0 bridgehead atoms. The topological polar surface area (TPSA) is 126 Å². The Labute approximate surface area is 248 Å². The first-order valence-corrected chi connectivity index (χ1v) is 14.6. The third-order valence-electron chi connectivity index (χ3n) is 7.57. The van der Waals surface area contributed by atoms with Crippen molar-refractivity contribution in [2.75, 3.05) is 26.2 Å². The van der Waals surface area contributed by atoms with Crippen LogP contribution in [0.1, 0.15) is 47.4 Å². The number of rotatable bonds is 12. The summed E-state index contributed by atoms with van der Waals surface area (Å²) in [5.41, 5.74) is 15.5. The standard InChI is InChI=1S/C34H42N6O2/c1-25-14-16-26(17-15-25)18-19-32(41)38-23-29-20-22-40(33(42)31(39-29)13-8-21-37-34(35)36)24-30(27-9-4-2-5-10-27)28-11-6-3-7-12-28/h2-7,9-12,14-19,29-31,39H,8,13,20-24H2,1H3,(H,38,41)(H4,35,36,37)/t29-,31-/m0/s1. The van der Waals surface area contributed by atoms with Crippen LogP contribution in [0.3, 0.4) is 0 Å². The fourth-order valence-corrected chi connectivity index (χ4v) is 5.26. The van der Waals surface area contributed by atoms with Crippen LogP contribution >= 0.6 is 0 Å². The lowest BCUT2D eigenvalue weighted by Gasteiger charge is -2.29. The quantitative estimate of drug-likeness (QED) is 0.115. The van der Waals surface area contributed by atoms with Crippen molar-refractivity contribution in [2.45, 2.75) is 44.2 Å². The first-order chi connectivity index (χ1) is 20.4. The Morgan fingerprint density at radius 2 is 1.67 bits per heavy atom. The van der Waals surface area contributed by atoms with Crippen LogP contribution < -0.4 is 22.1 Å². The highest BCUT2D eigenvalue weighted by atomic mass is 16.2. The minimum Gasteiger partial charge on any atom is -0.370 e. The van der Waals surface area contributed by atoms with Crippen molar-refractivity contribution >= 4 is 23.8 Å². The van der Waals surface area contributed by atoms with Crippen molar-refractivity contribution in [3.05, 3.63) is 113 Å². The summed E-state index contributed by atoms with van der Waals surface area (Å²) in [6, 6.07) is 28.2. The molecule has 1 aliphatic rings. The molecule has 8 nitrogen and oxygen atoms in total. The number of aliphatic imine (C=N–C) groups is 1. The van der Waals surface area contributed by atoms with Gasteiger partial charge in [-0.05, 0) is 49.0 Å². The molecule has 0 aliphatic carbocycles. The van der Waals surface area contributed by atoms with Crippen LogP contribution in [0.4, 0.5) is 0 Å². The Balaban J connectivity index is 1.46. The fourth-order valence-electron chi connectivity index (χ4n) is 5.26. The van der Waals surface area contributed by atoms with Gasteiger partial charge in [-0.25, -0.2) is 0 Å². The summed E-state index contributed by atoms with van der Waals surface area (Å²) in [7, 11) is 0. The van der Waals surface area contributed by atoms with Gasteiger partial charge in [0.2, 0.25) is 11.8 Å². The van der Waals surface area contributed by atoms with E-state index < -0.39 is 6.04 Å². The molecule has 0 unspecified atom stereocenters. The van der Waals surface area contributed by atoms with Crippen LogP contribution in [-0.4, -0.2) is 60.9 Å². The number of amides is 2. The molecule has 0 radical (unpaired) electrons. The lowest BCUT2D eigenvalue weighted by Crippen LogP contribution is -2.49. The second kappa shape index (κ2) is 15.5. The van der Waals surface area contributed by atoms with Gasteiger partial charge in [-0.3, -0.25) is 14.6 Å². The maximum atomic E-state index is 13.9. The molecule has 1 aliphatic heterocycles. The monoisotopic (exact) mass is 566 g/mol. The normalized spacial score (nSPS) is 17.3. The average Bonchev–Trinajstić information content (AvgIpc) is 3.15. The molecule has 42 heavy (non-hydrogen) atoms. The third-order valence-corrected chi connectivity index (χ3v) is 7.57. The van der Waals surface area contributed by atoms with E-state index in [1.807, 2.05) is 72.5 Å². The molecule has 2 atom stereocenters. The molecule has 3 aromatic carbocycles. The minimum atomic E-state index is -0.404. The van der Waals surface area contributed by atoms with E-state index in [0.29, 0.717) is 45.4 Å². The third kappa shape index (κ3) is 9.31. The van der Waals surface area contributed by atoms with Crippen molar-refractivity contribution in [3.63, 3.8) is 0 Å². The van der Waals surface area contributed by atoms with Gasteiger partial charge in [0.1, 0.15) is 0 Å². The van der Waals surface area contributed by atoms with Gasteiger partial charge in [-0.2, -0.15) is 0 Å². The van der Waals surface area contributed by atoms with Crippen LogP contribution in [0.5, 0.6) is 0 Å². The molecule has 0 saturated carbocycles. The van der Waals surface area contributed by atoms with Crippen LogP contribution in [0.25, 0.3) is 6.08 Å². The van der Waals surface area contributed by atoms with Crippen LogP contribution in [-0.2, 0) is 9.59 Å². The zero-order chi connectivity index (χ0) is 29.7. The lowest BCUT2D eigenvalue weighted by atomic mass is 9.90. The van der Waals surface area contributed by atoms with Gasteiger partial charge < -0.3 is 27.0 Å². The van der Waals surface area contributed by atoms with Gasteiger partial charge in [0.05, 0.1) is 6.04 Å². The summed E-state index contributed by atoms with van der Waals surface area (Å²) in [6.45, 7) is 4.06. The maximum Gasteiger partial charge on any atom is 0.244 e. The van der Waals surface area contributed by atoms with E-state index in [1.165, 1.54) is 16.7 Å². The van der Waals surface area contributed by atoms with Gasteiger partial charge in [0.25, 0.3) is 0 Å². The molecule has 220 valence electrons. The molecule has 8 heteroatoms. The summed E-state index contributed by atoms with van der Waals surface area (Å²) < 4.78 is 0. The minimum absolute atomic E-state index is 0.0433. The molecular formula is C34H42N6O2. The van der Waals surface area contributed by atoms with Gasteiger partial charge in [0, 0.05) is 44.2 Å². The van der Waals surface area contributed by atoms with E-state index in [4.69, 9.17) is 11.5 Å². The Hall–Kier alpha value is -4.43. The molecule has 3 aromatic rings. The summed E-state index contributed by atoms with van der Waals surface area (Å²) in [5.74, 6) is -0.0154. The molecule has 1 heterocycles. The Bertz CT molecular complexity index is 1300. The number of nitrogens with two attached hydrogens (primary N) is 2. The first-order valence-electron chi connectivity index (χ1n) is 14.6. The van der Waals surface area contributed by atoms with Gasteiger partial charge >= 0.3 is 0 Å². The van der Waals surface area contributed by atoms with Gasteiger partial charge in [-0.1, -0.05) is 90.5 Å². The van der Waals surface area contributed by atoms with E-state index in [1.54, 1.807) is 12.2 Å². The highest BCUT2D eigenvalue weighted by molar-refractivity contribution is 5.91. The number of guanidine groups is 1. The van der Waals surface area contributed by atoms with E-state index in [2.05, 4.69) is 39.9 Å². The Morgan fingerprint density at radius 1 is 1.02 bits per heavy atom. The summed E-state index contributed by atoms with van der Waals surface area (Å²) in [5, 5.41) is 6.54. The highest BCUT2D eigenvalue weighted by Crippen LogP contribution is 2.27. The SMILES string of the molecule is Cc1ccc(C=CC(=O)NC[C@@H]2CCN(CC(c3ccccc3)c3ccccc3)C(=O)[C@H](CCCN=C(N)N)N2)cc1. The largest absolute Gasteiger partial charge is 0.370 e. The highest BCUT2D eigenvalue weighted by Gasteiger charge is 2.32. The zero-order valence-electron chi connectivity index (χ0n) is 24.3. The van der Waals surface area contributed by atoms with E-state index in [9.17, 15) is 9.59 Å². The second-order valence-corrected chi connectivity index (χ2v) is 10.8. The number of nitrogens with zero attached hydrogens (tertiary/aromatic N) is 2. The predicted octanol–water partition coefficient (Wildman–Crippen LogP) is 3.57. The molecule has 1 saturated heterocycles. The smallest absolute Gasteiger partial charge is 0.244 e. The van der Waals surface area contributed by atoms with Crippen molar-refractivity contribution in [2.24, 2.45) is 16.5 Å². The van der Waals surface area contributed by atoms with Crippen LogP contribution in [0.2, 0.25) is 0 Å². The van der Waals surface area contributed by atoms with Crippen molar-refractivity contribution in [1.29, 1.82) is 0 Å². The number of benzene rings is 3. The number of hydrogen-bond acceptors (Lipinski definition) is 4. The maximum absolute atomic E-state index is 13.9. The number of carbonyl (C=O) groups excluding carboxylic acids is 2. The number of hydrogen-bond donors (Lipinski definition) is 4. The zero-order valence-corrected chi connectivity index (χ0v) is 24.3. The summed E-state index contributed by atoms with van der Waals surface area (Å²) in [4.78, 5) is 32.6. The second-order valence-electron chi connectivity index (χ2n) is 10.8. The number of nitrogens with one attached hydrogen (secondary N) is 2. The van der Waals surface area contributed by atoms with Crippen molar-refractivity contribution in [1.82, 2.24) is 15.5 Å². The number of carbonyl (C=O) groups is 2. The summed E-state index contributed by atoms with van der Waals surface area (Å²) >= 11 is 0. The molecule has 4 rings (SSSR count). The summed E-state index contributed by atoms with van der Waals surface area (Å²) in [6.07, 6.45) is 5.32. The van der Waals surface area contributed by atoms with Gasteiger partial charge in [0.15, 0.2) is 5.96 Å². The van der Waals surface area contributed by atoms with E-state index in [0.717, 1.165) is 5.56 Å². The Morgan fingerprint density at radius 3 is 2.29 bits per heavy atom. The van der Waals surface area contributed by atoms with E-state index in [-0.39, 0.29) is 29.7 Å². The van der Waals surface area contributed by atoms with E-state index >= 15 is 0 Å². The first kappa shape index (κ1) is 30.5. The van der Waals surface area contributed by atoms with Crippen molar-refractivity contribution in [3.8, 4) is 0 Å². The number of aryl methyl sites for hydroxylation is 1. The molecule has 2 amide bonds.